The molecule has 3 rings (SSSR count). The average Bonchev–Trinajstić information content (AvgIpc) is 2.61. The summed E-state index contributed by atoms with van der Waals surface area (Å²) in [7, 11) is 0. The summed E-state index contributed by atoms with van der Waals surface area (Å²) in [6.07, 6.45) is 5.79. The summed E-state index contributed by atoms with van der Waals surface area (Å²) >= 11 is 1.59. The van der Waals surface area contributed by atoms with Gasteiger partial charge in [0.05, 0.1) is 5.75 Å². The molecular formula is C18H20N2OS. The first kappa shape index (κ1) is 15.1. The first-order valence-corrected chi connectivity index (χ1v) is 8.67. The molecule has 1 aliphatic rings. The molecule has 1 saturated heterocycles. The van der Waals surface area contributed by atoms with Crippen LogP contribution >= 0.6 is 11.8 Å². The van der Waals surface area contributed by atoms with E-state index in [1.54, 1.807) is 24.2 Å². The van der Waals surface area contributed by atoms with E-state index in [4.69, 9.17) is 0 Å². The molecule has 114 valence electrons. The molecule has 0 N–H and O–H groups in total. The molecule has 0 aliphatic carbocycles. The molecule has 1 aliphatic heterocycles. The Morgan fingerprint density at radius 3 is 2.73 bits per heavy atom. The predicted molar refractivity (Wildman–Crippen MR) is 90.0 cm³/mol. The van der Waals surface area contributed by atoms with Gasteiger partial charge >= 0.3 is 0 Å². The highest BCUT2D eigenvalue weighted by atomic mass is 32.2. The average molecular weight is 312 g/mol. The number of hydrogen-bond acceptors (Lipinski definition) is 3. The molecule has 22 heavy (non-hydrogen) atoms. The molecular weight excluding hydrogens is 292 g/mol. The molecule has 0 bridgehead atoms. The van der Waals surface area contributed by atoms with Crippen molar-refractivity contribution >= 4 is 17.7 Å². The van der Waals surface area contributed by atoms with Crippen molar-refractivity contribution in [2.75, 3.05) is 18.8 Å². The second kappa shape index (κ2) is 7.45. The summed E-state index contributed by atoms with van der Waals surface area (Å²) < 4.78 is 0. The third kappa shape index (κ3) is 3.89. The topological polar surface area (TPSA) is 33.2 Å². The molecule has 0 saturated carbocycles. The second-order valence-electron chi connectivity index (χ2n) is 5.56. The van der Waals surface area contributed by atoms with Gasteiger partial charge in [-0.05, 0) is 30.5 Å². The highest BCUT2D eigenvalue weighted by Gasteiger charge is 2.24. The van der Waals surface area contributed by atoms with Crippen LogP contribution in [0, 0.1) is 0 Å². The maximum absolute atomic E-state index is 12.4. The lowest BCUT2D eigenvalue weighted by Gasteiger charge is -2.33. The first-order valence-electron chi connectivity index (χ1n) is 7.68. The van der Waals surface area contributed by atoms with Crippen LogP contribution < -0.4 is 0 Å². The van der Waals surface area contributed by atoms with E-state index in [1.807, 2.05) is 23.1 Å². The van der Waals surface area contributed by atoms with E-state index in [9.17, 15) is 4.79 Å². The zero-order valence-corrected chi connectivity index (χ0v) is 13.3. The van der Waals surface area contributed by atoms with Gasteiger partial charge in [-0.2, -0.15) is 0 Å². The minimum Gasteiger partial charge on any atom is -0.341 e. The van der Waals surface area contributed by atoms with Crippen LogP contribution in [0.3, 0.4) is 0 Å². The number of aromatic nitrogens is 1. The Balaban J connectivity index is 1.56. The molecule has 1 atom stereocenters. The lowest BCUT2D eigenvalue weighted by Crippen LogP contribution is -2.40. The minimum absolute atomic E-state index is 0.238. The van der Waals surface area contributed by atoms with Crippen LogP contribution in [0.5, 0.6) is 0 Å². The predicted octanol–water partition coefficient (Wildman–Crippen LogP) is 3.58. The molecule has 0 unspecified atom stereocenters. The Hall–Kier alpha value is -1.81. The first-order chi connectivity index (χ1) is 10.8. The van der Waals surface area contributed by atoms with Crippen molar-refractivity contribution in [1.29, 1.82) is 0 Å². The number of hydrogen-bond donors (Lipinski definition) is 0. The summed E-state index contributed by atoms with van der Waals surface area (Å²) in [5.74, 6) is 1.22. The van der Waals surface area contributed by atoms with Crippen molar-refractivity contribution in [1.82, 2.24) is 9.88 Å². The van der Waals surface area contributed by atoms with E-state index in [1.165, 1.54) is 12.0 Å². The number of carbonyl (C=O) groups excluding carboxylic acids is 1. The van der Waals surface area contributed by atoms with Crippen molar-refractivity contribution in [3.8, 4) is 0 Å². The van der Waals surface area contributed by atoms with Crippen LogP contribution in [-0.2, 0) is 4.79 Å². The Morgan fingerprint density at radius 2 is 1.95 bits per heavy atom. The molecule has 1 aromatic carbocycles. The smallest absolute Gasteiger partial charge is 0.232 e. The summed E-state index contributed by atoms with van der Waals surface area (Å²) in [5.41, 5.74) is 1.35. The number of carbonyl (C=O) groups is 1. The highest BCUT2D eigenvalue weighted by molar-refractivity contribution is 8.00. The van der Waals surface area contributed by atoms with Gasteiger partial charge < -0.3 is 4.90 Å². The third-order valence-corrected chi connectivity index (χ3v) is 5.05. The van der Waals surface area contributed by atoms with Gasteiger partial charge in [-0.1, -0.05) is 30.3 Å². The van der Waals surface area contributed by atoms with Crippen molar-refractivity contribution in [2.45, 2.75) is 23.7 Å². The fourth-order valence-corrected chi connectivity index (χ4v) is 3.66. The van der Waals surface area contributed by atoms with Crippen molar-refractivity contribution < 1.29 is 4.79 Å². The molecule has 1 amide bonds. The summed E-state index contributed by atoms with van der Waals surface area (Å²) in [4.78, 5) is 19.6. The molecule has 0 radical (unpaired) electrons. The summed E-state index contributed by atoms with van der Waals surface area (Å²) in [5, 5.41) is 0. The molecule has 1 fully saturated rings. The molecule has 2 aromatic rings. The van der Waals surface area contributed by atoms with E-state index in [0.717, 1.165) is 24.4 Å². The number of nitrogens with zero attached hydrogens (tertiary/aromatic N) is 2. The van der Waals surface area contributed by atoms with Gasteiger partial charge in [-0.25, -0.2) is 0 Å². The number of piperidine rings is 1. The number of amides is 1. The normalized spacial score (nSPS) is 18.2. The Bertz CT molecular complexity index is 603. The lowest BCUT2D eigenvalue weighted by atomic mass is 9.91. The zero-order chi connectivity index (χ0) is 15.2. The number of rotatable bonds is 4. The van der Waals surface area contributed by atoms with E-state index in [-0.39, 0.29) is 5.91 Å². The number of thioether (sulfide) groups is 1. The van der Waals surface area contributed by atoms with Crippen LogP contribution in [0.1, 0.15) is 24.3 Å². The van der Waals surface area contributed by atoms with E-state index >= 15 is 0 Å². The quantitative estimate of drug-likeness (QED) is 0.809. The Kier molecular flexibility index (Phi) is 5.11. The van der Waals surface area contributed by atoms with Gasteiger partial charge in [0, 0.05) is 36.3 Å². The van der Waals surface area contributed by atoms with Gasteiger partial charge in [0.15, 0.2) is 0 Å². The van der Waals surface area contributed by atoms with E-state index < -0.39 is 0 Å². The minimum atomic E-state index is 0.238. The number of benzene rings is 1. The van der Waals surface area contributed by atoms with Crippen molar-refractivity contribution in [3.63, 3.8) is 0 Å². The maximum Gasteiger partial charge on any atom is 0.232 e. The molecule has 2 heterocycles. The van der Waals surface area contributed by atoms with Crippen LogP contribution in [0.4, 0.5) is 0 Å². The Labute approximate surface area is 135 Å². The molecule has 0 spiro atoms. The van der Waals surface area contributed by atoms with Crippen molar-refractivity contribution in [3.05, 3.63) is 60.4 Å². The van der Waals surface area contributed by atoms with E-state index in [0.29, 0.717) is 11.7 Å². The second-order valence-corrected chi connectivity index (χ2v) is 6.61. The Morgan fingerprint density at radius 1 is 1.18 bits per heavy atom. The molecule has 1 aromatic heterocycles. The van der Waals surface area contributed by atoms with Gasteiger partial charge in [0.1, 0.15) is 0 Å². The standard InChI is InChI=1S/C18H20N2OS/c21-18(14-22-17-8-10-19-11-9-17)20-12-4-7-16(13-20)15-5-2-1-3-6-15/h1-3,5-6,8-11,16H,4,7,12-14H2/t16-/m0/s1. The largest absolute Gasteiger partial charge is 0.341 e. The van der Waals surface area contributed by atoms with Gasteiger partial charge in [-0.15, -0.1) is 11.8 Å². The van der Waals surface area contributed by atoms with E-state index in [2.05, 4.69) is 29.2 Å². The van der Waals surface area contributed by atoms with Crippen molar-refractivity contribution in [2.24, 2.45) is 0 Å². The van der Waals surface area contributed by atoms with Crippen LogP contribution in [0.25, 0.3) is 0 Å². The number of likely N-dealkylation sites (tertiary alicyclic amines) is 1. The highest BCUT2D eigenvalue weighted by Crippen LogP contribution is 2.27. The fraction of sp³-hybridized carbons (Fsp3) is 0.333. The van der Waals surface area contributed by atoms with Crippen LogP contribution in [0.15, 0.2) is 59.8 Å². The van der Waals surface area contributed by atoms with Crippen LogP contribution in [-0.4, -0.2) is 34.6 Å². The monoisotopic (exact) mass is 312 g/mol. The maximum atomic E-state index is 12.4. The van der Waals surface area contributed by atoms with Gasteiger partial charge in [-0.3, -0.25) is 9.78 Å². The SMILES string of the molecule is O=C(CSc1ccncc1)N1CCC[C@H](c2ccccc2)C1. The summed E-state index contributed by atoms with van der Waals surface area (Å²) in [6.45, 7) is 1.73. The molecule has 4 heteroatoms. The van der Waals surface area contributed by atoms with Crippen LogP contribution in [0.2, 0.25) is 0 Å². The summed E-state index contributed by atoms with van der Waals surface area (Å²) in [6, 6.07) is 14.4. The van der Waals surface area contributed by atoms with Gasteiger partial charge in [0.2, 0.25) is 5.91 Å². The van der Waals surface area contributed by atoms with Gasteiger partial charge in [0.25, 0.3) is 0 Å². The number of pyridine rings is 1. The lowest BCUT2D eigenvalue weighted by molar-refractivity contribution is -0.129. The molecule has 3 nitrogen and oxygen atoms in total. The zero-order valence-electron chi connectivity index (χ0n) is 12.5. The third-order valence-electron chi connectivity index (χ3n) is 4.06. The fourth-order valence-electron chi connectivity index (χ4n) is 2.87.